The Labute approximate surface area is 261 Å². The van der Waals surface area contributed by atoms with Gasteiger partial charge in [-0.2, -0.15) is 13.9 Å². The van der Waals surface area contributed by atoms with Crippen molar-refractivity contribution >= 4 is 33.1 Å². The molecular weight excluding hydrogens is 601 g/mol. The first kappa shape index (κ1) is 34.1. The number of alkyl halides is 2. The number of fused-ring (bicyclic) bond motifs is 2. The van der Waals surface area contributed by atoms with Crippen molar-refractivity contribution in [1.82, 2.24) is 14.3 Å². The summed E-state index contributed by atoms with van der Waals surface area (Å²) in [6.45, 7) is 17.9. The van der Waals surface area contributed by atoms with Crippen LogP contribution in [0, 0.1) is 0 Å². The Kier molecular flexibility index (Phi) is 10.3. The van der Waals surface area contributed by atoms with Crippen molar-refractivity contribution in [3.63, 3.8) is 0 Å². The molecule has 0 radical (unpaired) electrons. The number of ether oxygens (including phenoxy) is 4. The summed E-state index contributed by atoms with van der Waals surface area (Å²) >= 11 is 0. The average molecular weight is 648 g/mol. The molecule has 0 saturated carbocycles. The van der Waals surface area contributed by atoms with Crippen LogP contribution in [0.1, 0.15) is 31.9 Å². The SMILES string of the molecule is CCc1c(-c2ccc(OC(F)F)c3c2C=CC(C)(C)O3)n(COCC[Si](C)(C)C)c2cnn(COCC[Si](C)(C)C)c(=O)c12. The number of nitrogens with zero attached hydrogens (tertiary/aromatic N) is 3. The zero-order chi connectivity index (χ0) is 32.4. The zero-order valence-electron chi connectivity index (χ0n) is 27.6. The smallest absolute Gasteiger partial charge is 0.387 e. The third-order valence-electron chi connectivity index (χ3n) is 7.60. The highest BCUT2D eigenvalue weighted by atomic mass is 28.3. The lowest BCUT2D eigenvalue weighted by molar-refractivity contribution is -0.0526. The number of benzene rings is 1. The standard InChI is InChI=1S/C32H47F2N3O5Si2/c1-10-22-27-25(19-35-37(30(27)38)21-40-16-18-44(7,8)9)36(20-39-15-17-43(4,5)6)28(22)23-11-12-26(41-31(33)34)29-24(23)13-14-32(2,3)42-29/h11-14,19,31H,10,15-18,20-21H2,1-9H3. The Morgan fingerprint density at radius 1 is 1.00 bits per heavy atom. The second kappa shape index (κ2) is 13.3. The summed E-state index contributed by atoms with van der Waals surface area (Å²) in [5.74, 6) is 0.197. The first-order chi connectivity index (χ1) is 20.5. The molecule has 0 fully saturated rings. The predicted molar refractivity (Wildman–Crippen MR) is 177 cm³/mol. The molecule has 0 amide bonds. The second-order valence-electron chi connectivity index (χ2n) is 14.3. The Morgan fingerprint density at radius 2 is 1.64 bits per heavy atom. The maximum atomic E-state index is 13.9. The van der Waals surface area contributed by atoms with Crippen LogP contribution in [0.15, 0.2) is 29.2 Å². The molecule has 0 aliphatic carbocycles. The molecule has 3 heterocycles. The number of aryl methyl sites for hydroxylation is 1. The maximum absolute atomic E-state index is 13.9. The number of hydrogen-bond donors (Lipinski definition) is 0. The summed E-state index contributed by atoms with van der Waals surface area (Å²) in [5, 5.41) is 5.03. The quantitative estimate of drug-likeness (QED) is 0.131. The van der Waals surface area contributed by atoms with E-state index in [4.69, 9.17) is 18.9 Å². The van der Waals surface area contributed by atoms with Crippen LogP contribution >= 0.6 is 0 Å². The normalized spacial score (nSPS) is 14.7. The van der Waals surface area contributed by atoms with Crippen LogP contribution in [0.4, 0.5) is 8.78 Å². The van der Waals surface area contributed by atoms with Crippen molar-refractivity contribution in [3.05, 3.63) is 45.9 Å². The number of halogens is 2. The van der Waals surface area contributed by atoms with Crippen LogP contribution in [-0.2, 0) is 29.4 Å². The highest BCUT2D eigenvalue weighted by Crippen LogP contribution is 2.46. The molecule has 0 atom stereocenters. The number of aromatic nitrogens is 3. The molecule has 3 aromatic rings. The van der Waals surface area contributed by atoms with Gasteiger partial charge in [0.25, 0.3) is 5.56 Å². The lowest BCUT2D eigenvalue weighted by Gasteiger charge is -2.30. The molecule has 2 aromatic heterocycles. The first-order valence-corrected chi connectivity index (χ1v) is 22.7. The topological polar surface area (TPSA) is 76.7 Å². The Hall–Kier alpha value is -2.81. The fraction of sp³-hybridized carbons (Fsp3) is 0.562. The largest absolute Gasteiger partial charge is 0.479 e. The molecule has 0 N–H and O–H groups in total. The summed E-state index contributed by atoms with van der Waals surface area (Å²) < 4.78 is 53.2. The monoisotopic (exact) mass is 647 g/mol. The van der Waals surface area contributed by atoms with Crippen molar-refractivity contribution < 1.29 is 27.7 Å². The van der Waals surface area contributed by atoms with E-state index >= 15 is 0 Å². The zero-order valence-corrected chi connectivity index (χ0v) is 29.6. The third kappa shape index (κ3) is 8.07. The van der Waals surface area contributed by atoms with E-state index in [9.17, 15) is 13.6 Å². The van der Waals surface area contributed by atoms with Gasteiger partial charge in [0.1, 0.15) is 19.1 Å². The van der Waals surface area contributed by atoms with Gasteiger partial charge >= 0.3 is 6.61 Å². The number of hydrogen-bond acceptors (Lipinski definition) is 6. The minimum absolute atomic E-state index is 0.0391. The molecule has 4 rings (SSSR count). The molecule has 242 valence electrons. The van der Waals surface area contributed by atoms with Crippen LogP contribution in [0.5, 0.6) is 11.5 Å². The fourth-order valence-corrected chi connectivity index (χ4v) is 6.65. The summed E-state index contributed by atoms with van der Waals surface area (Å²) in [6, 6.07) is 5.23. The van der Waals surface area contributed by atoms with Gasteiger partial charge in [0.15, 0.2) is 11.5 Å². The van der Waals surface area contributed by atoms with E-state index in [1.165, 1.54) is 10.7 Å². The Morgan fingerprint density at radius 3 is 2.23 bits per heavy atom. The van der Waals surface area contributed by atoms with Crippen molar-refractivity contribution in [1.29, 1.82) is 0 Å². The fourth-order valence-electron chi connectivity index (χ4n) is 5.14. The van der Waals surface area contributed by atoms with E-state index in [1.807, 2.05) is 37.5 Å². The molecule has 1 aromatic carbocycles. The Balaban J connectivity index is 1.88. The molecule has 1 aliphatic rings. The van der Waals surface area contributed by atoms with Crippen LogP contribution in [0.3, 0.4) is 0 Å². The first-order valence-electron chi connectivity index (χ1n) is 15.3. The lowest BCUT2D eigenvalue weighted by atomic mass is 9.94. The van der Waals surface area contributed by atoms with E-state index in [-0.39, 0.29) is 30.5 Å². The van der Waals surface area contributed by atoms with Gasteiger partial charge in [0.05, 0.1) is 22.8 Å². The summed E-state index contributed by atoms with van der Waals surface area (Å²) in [5.41, 5.74) is 2.60. The minimum atomic E-state index is -3.00. The van der Waals surface area contributed by atoms with Crippen molar-refractivity contribution in [2.75, 3.05) is 13.2 Å². The van der Waals surface area contributed by atoms with Crippen molar-refractivity contribution in [2.45, 2.75) is 104 Å². The van der Waals surface area contributed by atoms with E-state index in [2.05, 4.69) is 44.4 Å². The highest BCUT2D eigenvalue weighted by Gasteiger charge is 2.31. The van der Waals surface area contributed by atoms with Gasteiger partial charge in [-0.25, -0.2) is 4.68 Å². The van der Waals surface area contributed by atoms with Crippen LogP contribution in [0.25, 0.3) is 28.2 Å². The van der Waals surface area contributed by atoms with Gasteiger partial charge < -0.3 is 23.5 Å². The van der Waals surface area contributed by atoms with Gasteiger partial charge in [0, 0.05) is 40.5 Å². The molecule has 0 saturated heterocycles. The molecule has 1 aliphatic heterocycles. The molecule has 12 heteroatoms. The highest BCUT2D eigenvalue weighted by molar-refractivity contribution is 6.76. The van der Waals surface area contributed by atoms with Gasteiger partial charge in [-0.15, -0.1) is 0 Å². The molecular formula is C32H47F2N3O5Si2. The van der Waals surface area contributed by atoms with E-state index in [0.29, 0.717) is 36.1 Å². The second-order valence-corrected chi connectivity index (χ2v) is 25.5. The van der Waals surface area contributed by atoms with Gasteiger partial charge in [-0.05, 0) is 56.1 Å². The van der Waals surface area contributed by atoms with Crippen LogP contribution < -0.4 is 15.0 Å². The summed E-state index contributed by atoms with van der Waals surface area (Å²) in [7, 11) is -2.62. The van der Waals surface area contributed by atoms with E-state index in [1.54, 1.807) is 12.3 Å². The van der Waals surface area contributed by atoms with Crippen molar-refractivity contribution in [2.24, 2.45) is 0 Å². The summed E-state index contributed by atoms with van der Waals surface area (Å²) in [6.07, 6.45) is 6.01. The Bertz CT molecular complexity index is 1570. The number of rotatable bonds is 14. The molecule has 0 bridgehead atoms. The third-order valence-corrected chi connectivity index (χ3v) is 11.0. The van der Waals surface area contributed by atoms with Crippen LogP contribution in [0.2, 0.25) is 51.4 Å². The molecule has 0 spiro atoms. The predicted octanol–water partition coefficient (Wildman–Crippen LogP) is 7.84. The minimum Gasteiger partial charge on any atom is -0.479 e. The molecule has 44 heavy (non-hydrogen) atoms. The average Bonchev–Trinajstić information content (AvgIpc) is 3.22. The van der Waals surface area contributed by atoms with Gasteiger partial charge in [-0.3, -0.25) is 4.79 Å². The van der Waals surface area contributed by atoms with E-state index < -0.39 is 28.4 Å². The van der Waals surface area contributed by atoms with Gasteiger partial charge in [-0.1, -0.05) is 52.3 Å². The molecule has 0 unspecified atom stereocenters. The van der Waals surface area contributed by atoms with Crippen LogP contribution in [-0.4, -0.2) is 55.9 Å². The van der Waals surface area contributed by atoms with Gasteiger partial charge in [0.2, 0.25) is 0 Å². The van der Waals surface area contributed by atoms with E-state index in [0.717, 1.165) is 28.9 Å². The molecule has 8 nitrogen and oxygen atoms in total. The summed E-state index contributed by atoms with van der Waals surface area (Å²) in [4.78, 5) is 13.9. The maximum Gasteiger partial charge on any atom is 0.387 e. The lowest BCUT2D eigenvalue weighted by Crippen LogP contribution is -2.28. The van der Waals surface area contributed by atoms with Crippen molar-refractivity contribution in [3.8, 4) is 22.8 Å².